The number of hydrogen-bond acceptors (Lipinski definition) is 2. The number of aryl methyl sites for hydroxylation is 2. The molecule has 1 rings (SSSR count). The van der Waals surface area contributed by atoms with Gasteiger partial charge in [0, 0.05) is 17.8 Å². The van der Waals surface area contributed by atoms with Crippen LogP contribution in [-0.2, 0) is 19.4 Å². The van der Waals surface area contributed by atoms with Gasteiger partial charge >= 0.3 is 0 Å². The molecule has 110 valence electrons. The molecule has 1 aromatic rings. The quantitative estimate of drug-likeness (QED) is 0.480. The van der Waals surface area contributed by atoms with E-state index in [1.54, 1.807) is 0 Å². The fraction of sp³-hybridized carbons (Fsp3) is 0.800. The summed E-state index contributed by atoms with van der Waals surface area (Å²) in [5.41, 5.74) is 3.85. The lowest BCUT2D eigenvalue weighted by Crippen LogP contribution is -2.07. The largest absolute Gasteiger partial charge is 0.269 e. The lowest BCUT2D eigenvalue weighted by Gasteiger charge is -2.11. The van der Waals surface area contributed by atoms with Crippen molar-refractivity contribution < 1.29 is 0 Å². The van der Waals surface area contributed by atoms with Crippen LogP contribution < -0.4 is 0 Å². The van der Waals surface area contributed by atoms with E-state index in [-0.39, 0.29) is 5.38 Å². The van der Waals surface area contributed by atoms with E-state index in [0.29, 0.717) is 0 Å². The van der Waals surface area contributed by atoms with Crippen LogP contribution in [0.3, 0.4) is 0 Å². The predicted molar refractivity (Wildman–Crippen MR) is 87.5 cm³/mol. The molecule has 0 fully saturated rings. The van der Waals surface area contributed by atoms with Crippen molar-refractivity contribution in [3.05, 3.63) is 17.0 Å². The molecule has 19 heavy (non-hydrogen) atoms. The molecule has 0 N–H and O–H groups in total. The van der Waals surface area contributed by atoms with Gasteiger partial charge in [-0.25, -0.2) is 0 Å². The Bertz CT molecular complexity index is 376. The van der Waals surface area contributed by atoms with Gasteiger partial charge in [-0.2, -0.15) is 16.9 Å². The maximum atomic E-state index is 6.50. The van der Waals surface area contributed by atoms with Gasteiger partial charge in [0.05, 0.1) is 11.1 Å². The Balaban J connectivity index is 2.88. The average Bonchev–Trinajstić information content (AvgIpc) is 2.80. The fourth-order valence-electron chi connectivity index (χ4n) is 2.41. The molecule has 1 heterocycles. The second kappa shape index (κ2) is 8.91. The van der Waals surface area contributed by atoms with Crippen molar-refractivity contribution in [2.75, 3.05) is 11.5 Å². The van der Waals surface area contributed by atoms with Gasteiger partial charge in [0.1, 0.15) is 0 Å². The first-order chi connectivity index (χ1) is 9.19. The van der Waals surface area contributed by atoms with E-state index in [9.17, 15) is 0 Å². The standard InChI is InChI=1S/C15H27ClN2S/c1-5-12(16)15-13(6-2)17-18(14(15)7-3)10-9-11-19-8-4/h12H,5-11H2,1-4H3. The molecule has 0 aliphatic rings. The van der Waals surface area contributed by atoms with Crippen LogP contribution in [0.2, 0.25) is 0 Å². The number of hydrogen-bond donors (Lipinski definition) is 0. The van der Waals surface area contributed by atoms with E-state index in [1.807, 2.05) is 11.8 Å². The summed E-state index contributed by atoms with van der Waals surface area (Å²) >= 11 is 8.50. The summed E-state index contributed by atoms with van der Waals surface area (Å²) in [6.07, 6.45) is 4.16. The van der Waals surface area contributed by atoms with Crippen LogP contribution in [0.5, 0.6) is 0 Å². The molecular formula is C15H27ClN2S. The molecule has 0 spiro atoms. The summed E-state index contributed by atoms with van der Waals surface area (Å²) in [6, 6.07) is 0. The highest BCUT2D eigenvalue weighted by Gasteiger charge is 2.20. The molecule has 0 bridgehead atoms. The van der Waals surface area contributed by atoms with Gasteiger partial charge < -0.3 is 0 Å². The van der Waals surface area contributed by atoms with Gasteiger partial charge in [-0.1, -0.05) is 27.7 Å². The predicted octanol–water partition coefficient (Wildman–Crippen LogP) is 4.84. The van der Waals surface area contributed by atoms with Gasteiger partial charge in [-0.15, -0.1) is 11.6 Å². The van der Waals surface area contributed by atoms with Gasteiger partial charge in [0.15, 0.2) is 0 Å². The van der Waals surface area contributed by atoms with Crippen molar-refractivity contribution >= 4 is 23.4 Å². The van der Waals surface area contributed by atoms with Crippen LogP contribution in [0.15, 0.2) is 0 Å². The minimum atomic E-state index is 0.115. The minimum Gasteiger partial charge on any atom is -0.269 e. The second-order valence-electron chi connectivity index (χ2n) is 4.66. The minimum absolute atomic E-state index is 0.115. The van der Waals surface area contributed by atoms with Crippen molar-refractivity contribution in [3.63, 3.8) is 0 Å². The topological polar surface area (TPSA) is 17.8 Å². The molecule has 1 atom stereocenters. The zero-order chi connectivity index (χ0) is 14.3. The lowest BCUT2D eigenvalue weighted by molar-refractivity contribution is 0.573. The third kappa shape index (κ3) is 4.42. The molecule has 0 aromatic carbocycles. The highest BCUT2D eigenvalue weighted by atomic mass is 35.5. The molecule has 0 saturated heterocycles. The molecule has 0 radical (unpaired) electrons. The Kier molecular flexibility index (Phi) is 7.93. The second-order valence-corrected chi connectivity index (χ2v) is 6.58. The van der Waals surface area contributed by atoms with Crippen LogP contribution >= 0.6 is 23.4 Å². The first-order valence-corrected chi connectivity index (χ1v) is 9.08. The summed E-state index contributed by atoms with van der Waals surface area (Å²) in [5, 5.41) is 4.90. The summed E-state index contributed by atoms with van der Waals surface area (Å²) in [7, 11) is 0. The molecule has 0 saturated carbocycles. The molecule has 0 amide bonds. The van der Waals surface area contributed by atoms with Crippen molar-refractivity contribution in [1.29, 1.82) is 0 Å². The number of rotatable bonds is 9. The van der Waals surface area contributed by atoms with Crippen LogP contribution in [-0.4, -0.2) is 21.3 Å². The Morgan fingerprint density at radius 1 is 1.21 bits per heavy atom. The number of alkyl halides is 1. The van der Waals surface area contributed by atoms with E-state index >= 15 is 0 Å². The van der Waals surface area contributed by atoms with Gasteiger partial charge in [0.2, 0.25) is 0 Å². The van der Waals surface area contributed by atoms with E-state index < -0.39 is 0 Å². The highest BCUT2D eigenvalue weighted by molar-refractivity contribution is 7.99. The monoisotopic (exact) mass is 302 g/mol. The molecule has 1 unspecified atom stereocenters. The number of halogens is 1. The summed E-state index contributed by atoms with van der Waals surface area (Å²) in [4.78, 5) is 0. The summed E-state index contributed by atoms with van der Waals surface area (Å²) in [6.45, 7) is 9.75. The molecule has 4 heteroatoms. The van der Waals surface area contributed by atoms with Crippen LogP contribution in [0.1, 0.15) is 62.9 Å². The van der Waals surface area contributed by atoms with E-state index in [0.717, 1.165) is 25.8 Å². The number of thioether (sulfide) groups is 1. The van der Waals surface area contributed by atoms with Crippen LogP contribution in [0.4, 0.5) is 0 Å². The maximum Gasteiger partial charge on any atom is 0.0671 e. The van der Waals surface area contributed by atoms with E-state index in [4.69, 9.17) is 16.7 Å². The zero-order valence-corrected chi connectivity index (χ0v) is 14.3. The normalized spacial score (nSPS) is 12.9. The summed E-state index contributed by atoms with van der Waals surface area (Å²) < 4.78 is 2.20. The van der Waals surface area contributed by atoms with Crippen LogP contribution in [0, 0.1) is 0 Å². The Morgan fingerprint density at radius 3 is 2.47 bits per heavy atom. The Hall–Kier alpha value is -0.150. The third-order valence-electron chi connectivity index (χ3n) is 3.38. The fourth-order valence-corrected chi connectivity index (χ4v) is 3.28. The van der Waals surface area contributed by atoms with Crippen molar-refractivity contribution in [2.24, 2.45) is 0 Å². The van der Waals surface area contributed by atoms with Crippen molar-refractivity contribution in [1.82, 2.24) is 9.78 Å². The maximum absolute atomic E-state index is 6.50. The number of aromatic nitrogens is 2. The first-order valence-electron chi connectivity index (χ1n) is 7.49. The average molecular weight is 303 g/mol. The number of nitrogens with zero attached hydrogens (tertiary/aromatic N) is 2. The van der Waals surface area contributed by atoms with Crippen molar-refractivity contribution in [3.8, 4) is 0 Å². The molecule has 0 aliphatic heterocycles. The van der Waals surface area contributed by atoms with Gasteiger partial charge in [-0.3, -0.25) is 4.68 Å². The zero-order valence-electron chi connectivity index (χ0n) is 12.7. The third-order valence-corrected chi connectivity index (χ3v) is 4.89. The molecule has 2 nitrogen and oxygen atoms in total. The smallest absolute Gasteiger partial charge is 0.0671 e. The van der Waals surface area contributed by atoms with Gasteiger partial charge in [-0.05, 0) is 37.2 Å². The highest BCUT2D eigenvalue weighted by Crippen LogP contribution is 2.31. The Labute approximate surface area is 127 Å². The first kappa shape index (κ1) is 16.9. The van der Waals surface area contributed by atoms with E-state index in [1.165, 1.54) is 34.9 Å². The lowest BCUT2D eigenvalue weighted by atomic mass is 10.0. The Morgan fingerprint density at radius 2 is 1.95 bits per heavy atom. The SMILES string of the molecule is CCSCCCn1nc(CC)c(C(Cl)CC)c1CC. The molecular weight excluding hydrogens is 276 g/mol. The van der Waals surface area contributed by atoms with E-state index in [2.05, 4.69) is 32.4 Å². The molecule has 1 aromatic heterocycles. The van der Waals surface area contributed by atoms with Gasteiger partial charge in [0.25, 0.3) is 0 Å². The summed E-state index contributed by atoms with van der Waals surface area (Å²) in [5.74, 6) is 2.42. The van der Waals surface area contributed by atoms with Crippen molar-refractivity contribution in [2.45, 2.75) is 65.3 Å². The molecule has 0 aliphatic carbocycles. The van der Waals surface area contributed by atoms with Crippen LogP contribution in [0.25, 0.3) is 0 Å².